The van der Waals surface area contributed by atoms with Gasteiger partial charge in [-0.2, -0.15) is 21.1 Å². The minimum Gasteiger partial charge on any atom is -0.316 e. The highest BCUT2D eigenvalue weighted by Gasteiger charge is 2.32. The van der Waals surface area contributed by atoms with Crippen molar-refractivity contribution in [3.8, 4) is 0 Å². The monoisotopic (exact) mass is 527 g/mol. The Labute approximate surface area is 205 Å². The van der Waals surface area contributed by atoms with Gasteiger partial charge in [-0.3, -0.25) is 4.79 Å². The summed E-state index contributed by atoms with van der Waals surface area (Å²) >= 11 is 9.28. The van der Waals surface area contributed by atoms with Crippen LogP contribution in [0.5, 0.6) is 0 Å². The van der Waals surface area contributed by atoms with Gasteiger partial charge >= 0.3 is 0 Å². The van der Waals surface area contributed by atoms with E-state index in [4.69, 9.17) is 11.6 Å². The summed E-state index contributed by atoms with van der Waals surface area (Å²) in [4.78, 5) is 18.1. The Bertz CT molecular complexity index is 1330. The number of hydrogen-bond donors (Lipinski definition) is 0. The lowest BCUT2D eigenvalue weighted by molar-refractivity contribution is -0.122. The van der Waals surface area contributed by atoms with Gasteiger partial charge in [0.25, 0.3) is 5.91 Å². The van der Waals surface area contributed by atoms with Gasteiger partial charge in [0.1, 0.15) is 5.82 Å². The number of aromatic nitrogens is 1. The number of carbonyl (C=O) groups excluding carboxylic acids is 1. The van der Waals surface area contributed by atoms with Crippen LogP contribution >= 0.6 is 34.7 Å². The predicted octanol–water partition coefficient (Wildman–Crippen LogP) is 4.39. The van der Waals surface area contributed by atoms with Crippen LogP contribution in [-0.2, 0) is 21.4 Å². The maximum atomic E-state index is 13.2. The third-order valence-electron chi connectivity index (χ3n) is 5.62. The molecule has 1 fully saturated rings. The number of thiazole rings is 1. The number of thioether (sulfide) groups is 1. The Morgan fingerprint density at radius 3 is 2.58 bits per heavy atom. The second kappa shape index (κ2) is 10.3. The molecule has 1 aliphatic rings. The Balaban J connectivity index is 1.52. The summed E-state index contributed by atoms with van der Waals surface area (Å²) in [6.45, 7) is 1.17. The van der Waals surface area contributed by atoms with Crippen LogP contribution in [0.2, 0.25) is 5.02 Å². The first-order valence-electron chi connectivity index (χ1n) is 10.4. The number of amides is 1. The number of carbonyl (C=O) groups is 1. The van der Waals surface area contributed by atoms with Gasteiger partial charge in [0, 0.05) is 36.3 Å². The summed E-state index contributed by atoms with van der Waals surface area (Å²) in [5.74, 6) is -0.176. The highest BCUT2D eigenvalue weighted by atomic mass is 35.5. The van der Waals surface area contributed by atoms with Gasteiger partial charge in [0.15, 0.2) is 4.80 Å². The van der Waals surface area contributed by atoms with Gasteiger partial charge in [-0.15, -0.1) is 0 Å². The van der Waals surface area contributed by atoms with E-state index in [1.54, 1.807) is 11.8 Å². The molecule has 0 atom stereocenters. The number of aryl methyl sites for hydroxylation is 1. The van der Waals surface area contributed by atoms with Crippen LogP contribution in [0.1, 0.15) is 12.8 Å². The highest BCUT2D eigenvalue weighted by Crippen LogP contribution is 2.26. The minimum atomic E-state index is -3.72. The molecule has 0 N–H and O–H groups in total. The fraction of sp³-hybridized carbons (Fsp3) is 0.364. The molecule has 6 nitrogen and oxygen atoms in total. The van der Waals surface area contributed by atoms with E-state index in [9.17, 15) is 17.6 Å². The largest absolute Gasteiger partial charge is 0.316 e. The van der Waals surface area contributed by atoms with Crippen molar-refractivity contribution in [2.45, 2.75) is 24.3 Å². The van der Waals surface area contributed by atoms with Crippen LogP contribution in [0, 0.1) is 11.7 Å². The van der Waals surface area contributed by atoms with Crippen molar-refractivity contribution in [2.24, 2.45) is 10.9 Å². The second-order valence-corrected chi connectivity index (χ2v) is 12.1. The highest BCUT2D eigenvalue weighted by molar-refractivity contribution is 7.98. The van der Waals surface area contributed by atoms with Crippen LogP contribution in [0.3, 0.4) is 0 Å². The van der Waals surface area contributed by atoms with Crippen molar-refractivity contribution in [3.63, 3.8) is 0 Å². The summed E-state index contributed by atoms with van der Waals surface area (Å²) in [5.41, 5.74) is 0.991. The lowest BCUT2D eigenvalue weighted by atomic mass is 9.98. The maximum Gasteiger partial charge on any atom is 0.251 e. The van der Waals surface area contributed by atoms with Crippen LogP contribution in [0.15, 0.2) is 52.4 Å². The quantitative estimate of drug-likeness (QED) is 0.477. The summed E-state index contributed by atoms with van der Waals surface area (Å²) in [6, 6.07) is 10.4. The van der Waals surface area contributed by atoms with Crippen LogP contribution < -0.4 is 4.80 Å². The number of hydrogen-bond acceptors (Lipinski definition) is 5. The molecule has 0 saturated carbocycles. The number of piperidine rings is 1. The Kier molecular flexibility index (Phi) is 7.59. The van der Waals surface area contributed by atoms with Crippen molar-refractivity contribution >= 4 is 60.8 Å². The molecule has 4 rings (SSSR count). The molecule has 3 aromatic rings. The van der Waals surface area contributed by atoms with Crippen molar-refractivity contribution < 1.29 is 17.6 Å². The molecule has 0 aliphatic carbocycles. The number of halogens is 2. The lowest BCUT2D eigenvalue weighted by Crippen LogP contribution is -2.40. The Hall–Kier alpha value is -1.72. The molecule has 176 valence electrons. The molecular formula is C22H23ClFN3O3S3. The molecule has 2 aromatic carbocycles. The Morgan fingerprint density at radius 2 is 1.91 bits per heavy atom. The smallest absolute Gasteiger partial charge is 0.251 e. The van der Waals surface area contributed by atoms with Gasteiger partial charge in [-0.05, 0) is 61.6 Å². The van der Waals surface area contributed by atoms with Crippen LogP contribution in [0.4, 0.5) is 4.39 Å². The van der Waals surface area contributed by atoms with Gasteiger partial charge in [-0.1, -0.05) is 22.9 Å². The van der Waals surface area contributed by atoms with E-state index < -0.39 is 15.8 Å². The number of fused-ring (bicyclic) bond motifs is 1. The number of sulfonamides is 1. The van der Waals surface area contributed by atoms with Crippen molar-refractivity contribution in [2.75, 3.05) is 25.1 Å². The average molecular weight is 528 g/mol. The zero-order valence-electron chi connectivity index (χ0n) is 17.9. The standard InChI is InChI=1S/C22H23ClFN3O3S3/c1-31-13-12-27-19-7-2-16(23)14-20(19)32-22(27)25-21(28)15-8-10-26(11-9-15)33(29,30)18-5-3-17(24)4-6-18/h2-7,14-15H,8-13H2,1H3. The van der Waals surface area contributed by atoms with Gasteiger partial charge < -0.3 is 4.57 Å². The third kappa shape index (κ3) is 5.35. The average Bonchev–Trinajstić information content (AvgIpc) is 3.13. The molecule has 1 aliphatic heterocycles. The zero-order valence-corrected chi connectivity index (χ0v) is 21.1. The zero-order chi connectivity index (χ0) is 23.6. The van der Waals surface area contributed by atoms with E-state index in [2.05, 4.69) is 4.99 Å². The lowest BCUT2D eigenvalue weighted by Gasteiger charge is -2.29. The molecule has 11 heteroatoms. The molecule has 1 amide bonds. The first-order chi connectivity index (χ1) is 15.8. The van der Waals surface area contributed by atoms with Crippen molar-refractivity contribution in [3.05, 3.63) is 58.1 Å². The van der Waals surface area contributed by atoms with Gasteiger partial charge in [-0.25, -0.2) is 12.8 Å². The predicted molar refractivity (Wildman–Crippen MR) is 132 cm³/mol. The first kappa shape index (κ1) is 24.4. The SMILES string of the molecule is CSCCn1c(=NC(=O)C2CCN(S(=O)(=O)c3ccc(F)cc3)CC2)sc2cc(Cl)ccc21. The van der Waals surface area contributed by atoms with Crippen molar-refractivity contribution in [1.82, 2.24) is 8.87 Å². The summed E-state index contributed by atoms with van der Waals surface area (Å²) < 4.78 is 43.2. The molecule has 33 heavy (non-hydrogen) atoms. The topological polar surface area (TPSA) is 71.7 Å². The second-order valence-electron chi connectivity index (χ2n) is 7.72. The minimum absolute atomic E-state index is 0.0529. The van der Waals surface area contributed by atoms with Crippen LogP contribution in [-0.4, -0.2) is 48.3 Å². The number of benzene rings is 2. The molecule has 0 bridgehead atoms. The van der Waals surface area contributed by atoms with Crippen molar-refractivity contribution in [1.29, 1.82) is 0 Å². The van der Waals surface area contributed by atoms with Gasteiger partial charge in [0.2, 0.25) is 10.0 Å². The van der Waals surface area contributed by atoms with Crippen LogP contribution in [0.25, 0.3) is 10.2 Å². The van der Waals surface area contributed by atoms with E-state index in [-0.39, 0.29) is 29.8 Å². The molecule has 0 radical (unpaired) electrons. The van der Waals surface area contributed by atoms with E-state index in [1.807, 2.05) is 29.0 Å². The van der Waals surface area contributed by atoms with E-state index in [0.29, 0.717) is 22.7 Å². The van der Waals surface area contributed by atoms with E-state index >= 15 is 0 Å². The maximum absolute atomic E-state index is 13.2. The molecule has 2 heterocycles. The summed E-state index contributed by atoms with van der Waals surface area (Å²) in [7, 11) is -3.72. The summed E-state index contributed by atoms with van der Waals surface area (Å²) in [6.07, 6.45) is 2.82. The first-order valence-corrected chi connectivity index (χ1v) is 14.4. The Morgan fingerprint density at radius 1 is 1.21 bits per heavy atom. The molecule has 0 spiro atoms. The van der Waals surface area contributed by atoms with Gasteiger partial charge in [0.05, 0.1) is 15.1 Å². The summed E-state index contributed by atoms with van der Waals surface area (Å²) in [5, 5.41) is 0.633. The number of nitrogens with zero attached hydrogens (tertiary/aromatic N) is 3. The molecule has 1 saturated heterocycles. The third-order valence-corrected chi connectivity index (χ3v) is 9.40. The molecule has 1 aromatic heterocycles. The number of rotatable bonds is 6. The fourth-order valence-corrected chi connectivity index (χ4v) is 6.99. The molecular weight excluding hydrogens is 505 g/mol. The fourth-order valence-electron chi connectivity index (χ4n) is 3.82. The van der Waals surface area contributed by atoms with E-state index in [1.165, 1.54) is 27.8 Å². The normalized spacial score (nSPS) is 16.5. The van der Waals surface area contributed by atoms with E-state index in [0.717, 1.165) is 34.6 Å². The molecule has 0 unspecified atom stereocenters.